The summed E-state index contributed by atoms with van der Waals surface area (Å²) < 4.78 is 25.1. The molecule has 0 saturated heterocycles. The van der Waals surface area contributed by atoms with Gasteiger partial charge in [0.15, 0.2) is 11.6 Å². The fraction of sp³-hybridized carbons (Fsp3) is 0.250. The molecule has 4 heteroatoms. The van der Waals surface area contributed by atoms with Crippen molar-refractivity contribution in [3.05, 3.63) is 35.4 Å². The van der Waals surface area contributed by atoms with E-state index in [1.165, 1.54) is 6.07 Å². The van der Waals surface area contributed by atoms with Gasteiger partial charge in [0.2, 0.25) is 0 Å². The molecule has 0 radical (unpaired) electrons. The predicted octanol–water partition coefficient (Wildman–Crippen LogP) is 2.58. The Kier molecular flexibility index (Phi) is 3.17. The summed E-state index contributed by atoms with van der Waals surface area (Å²) in [4.78, 5) is -0.146. The third-order valence-corrected chi connectivity index (χ3v) is 2.48. The molecule has 0 fully saturated rings. The van der Waals surface area contributed by atoms with Crippen LogP contribution in [0.2, 0.25) is 0 Å². The van der Waals surface area contributed by atoms with Crippen molar-refractivity contribution in [2.24, 2.45) is 0 Å². The highest BCUT2D eigenvalue weighted by molar-refractivity contribution is 9.09. The van der Waals surface area contributed by atoms with E-state index < -0.39 is 11.6 Å². The highest BCUT2D eigenvalue weighted by Gasteiger charge is 2.07. The summed E-state index contributed by atoms with van der Waals surface area (Å²) >= 11 is 3.24. The standard InChI is InChI=1S/C8H8BrF2N/c1-12-8(9)5-2-3-6(10)7(11)4-5/h2-4,8,12H,1H3. The highest BCUT2D eigenvalue weighted by atomic mass is 79.9. The molecule has 12 heavy (non-hydrogen) atoms. The molecule has 1 aromatic carbocycles. The van der Waals surface area contributed by atoms with Crippen LogP contribution in [0.5, 0.6) is 0 Å². The van der Waals surface area contributed by atoms with E-state index in [1.807, 2.05) is 0 Å². The average Bonchev–Trinajstić information content (AvgIpc) is 2.08. The van der Waals surface area contributed by atoms with E-state index in [9.17, 15) is 8.78 Å². The summed E-state index contributed by atoms with van der Waals surface area (Å²) in [5.41, 5.74) is 0.663. The monoisotopic (exact) mass is 235 g/mol. The Morgan fingerprint density at radius 1 is 1.33 bits per heavy atom. The van der Waals surface area contributed by atoms with Gasteiger partial charge in [0, 0.05) is 0 Å². The smallest absolute Gasteiger partial charge is 0.159 e. The minimum absolute atomic E-state index is 0.146. The lowest BCUT2D eigenvalue weighted by Crippen LogP contribution is -2.09. The second-order valence-corrected chi connectivity index (χ2v) is 3.24. The first kappa shape index (κ1) is 9.61. The summed E-state index contributed by atoms with van der Waals surface area (Å²) in [7, 11) is 1.72. The predicted molar refractivity (Wildman–Crippen MR) is 47.1 cm³/mol. The van der Waals surface area contributed by atoms with Crippen molar-refractivity contribution in [1.29, 1.82) is 0 Å². The molecule has 1 rings (SSSR count). The van der Waals surface area contributed by atoms with Crippen LogP contribution in [0.15, 0.2) is 18.2 Å². The summed E-state index contributed by atoms with van der Waals surface area (Å²) in [5, 5.41) is 2.86. The molecule has 1 atom stereocenters. The molecule has 0 saturated carbocycles. The van der Waals surface area contributed by atoms with Gasteiger partial charge in [-0.3, -0.25) is 0 Å². The summed E-state index contributed by atoms with van der Waals surface area (Å²) in [6.45, 7) is 0. The number of alkyl halides is 1. The molecule has 0 amide bonds. The van der Waals surface area contributed by atoms with Crippen molar-refractivity contribution < 1.29 is 8.78 Å². The number of nitrogens with one attached hydrogen (secondary N) is 1. The van der Waals surface area contributed by atoms with Gasteiger partial charge in [-0.1, -0.05) is 22.0 Å². The molecular formula is C8H8BrF2N. The van der Waals surface area contributed by atoms with Gasteiger partial charge in [-0.2, -0.15) is 0 Å². The number of benzene rings is 1. The zero-order valence-corrected chi connectivity index (χ0v) is 8.03. The molecule has 0 spiro atoms. The number of hydrogen-bond acceptors (Lipinski definition) is 1. The molecule has 0 heterocycles. The van der Waals surface area contributed by atoms with Gasteiger partial charge in [-0.05, 0) is 24.7 Å². The molecular weight excluding hydrogens is 228 g/mol. The Morgan fingerprint density at radius 3 is 2.50 bits per heavy atom. The lowest BCUT2D eigenvalue weighted by atomic mass is 10.2. The maximum Gasteiger partial charge on any atom is 0.159 e. The Balaban J connectivity index is 2.96. The number of rotatable bonds is 2. The quantitative estimate of drug-likeness (QED) is 0.614. The Morgan fingerprint density at radius 2 is 2.00 bits per heavy atom. The fourth-order valence-corrected chi connectivity index (χ4v) is 1.12. The van der Waals surface area contributed by atoms with E-state index in [-0.39, 0.29) is 4.95 Å². The highest BCUT2D eigenvalue weighted by Crippen LogP contribution is 2.20. The molecule has 0 aliphatic carbocycles. The van der Waals surface area contributed by atoms with Gasteiger partial charge in [0.25, 0.3) is 0 Å². The molecule has 1 nitrogen and oxygen atoms in total. The van der Waals surface area contributed by atoms with Crippen LogP contribution in [0, 0.1) is 11.6 Å². The Hall–Kier alpha value is -0.480. The van der Waals surface area contributed by atoms with Gasteiger partial charge in [-0.25, -0.2) is 8.78 Å². The first-order chi connectivity index (χ1) is 5.65. The zero-order valence-electron chi connectivity index (χ0n) is 6.44. The van der Waals surface area contributed by atoms with Gasteiger partial charge in [0.1, 0.15) is 0 Å². The van der Waals surface area contributed by atoms with Crippen LogP contribution >= 0.6 is 15.9 Å². The average molecular weight is 236 g/mol. The maximum absolute atomic E-state index is 12.7. The van der Waals surface area contributed by atoms with Gasteiger partial charge >= 0.3 is 0 Å². The SMILES string of the molecule is CNC(Br)c1ccc(F)c(F)c1. The van der Waals surface area contributed by atoms with Gasteiger partial charge < -0.3 is 5.32 Å². The van der Waals surface area contributed by atoms with Crippen LogP contribution < -0.4 is 5.32 Å². The van der Waals surface area contributed by atoms with E-state index in [4.69, 9.17) is 0 Å². The molecule has 66 valence electrons. The van der Waals surface area contributed by atoms with Gasteiger partial charge in [-0.15, -0.1) is 0 Å². The molecule has 0 aliphatic heterocycles. The van der Waals surface area contributed by atoms with Crippen LogP contribution in [-0.4, -0.2) is 7.05 Å². The molecule has 1 N–H and O–H groups in total. The fourth-order valence-electron chi connectivity index (χ4n) is 0.837. The van der Waals surface area contributed by atoms with Crippen LogP contribution in [0.25, 0.3) is 0 Å². The molecule has 0 aromatic heterocycles. The molecule has 1 aromatic rings. The minimum atomic E-state index is -0.827. The normalized spacial score (nSPS) is 13.0. The van der Waals surface area contributed by atoms with E-state index >= 15 is 0 Å². The number of hydrogen-bond donors (Lipinski definition) is 1. The third-order valence-electron chi connectivity index (χ3n) is 1.49. The van der Waals surface area contributed by atoms with Crippen molar-refractivity contribution >= 4 is 15.9 Å². The van der Waals surface area contributed by atoms with Crippen LogP contribution in [0.3, 0.4) is 0 Å². The molecule has 0 bridgehead atoms. The first-order valence-corrected chi connectivity index (χ1v) is 4.33. The van der Waals surface area contributed by atoms with E-state index in [2.05, 4.69) is 21.2 Å². The summed E-state index contributed by atoms with van der Waals surface area (Å²) in [6, 6.07) is 3.79. The maximum atomic E-state index is 12.7. The second kappa shape index (κ2) is 3.96. The van der Waals surface area contributed by atoms with Crippen LogP contribution in [0.1, 0.15) is 10.5 Å². The largest absolute Gasteiger partial charge is 0.304 e. The molecule has 1 unspecified atom stereocenters. The van der Waals surface area contributed by atoms with Crippen molar-refractivity contribution in [3.8, 4) is 0 Å². The van der Waals surface area contributed by atoms with Crippen molar-refractivity contribution in [2.45, 2.75) is 4.95 Å². The summed E-state index contributed by atoms with van der Waals surface area (Å²) in [5.74, 6) is -1.65. The van der Waals surface area contributed by atoms with E-state index in [0.29, 0.717) is 5.56 Å². The van der Waals surface area contributed by atoms with Crippen molar-refractivity contribution in [3.63, 3.8) is 0 Å². The van der Waals surface area contributed by atoms with Crippen molar-refractivity contribution in [2.75, 3.05) is 7.05 Å². The minimum Gasteiger partial charge on any atom is -0.304 e. The number of halogens is 3. The van der Waals surface area contributed by atoms with Crippen LogP contribution in [-0.2, 0) is 0 Å². The van der Waals surface area contributed by atoms with Crippen LogP contribution in [0.4, 0.5) is 8.78 Å². The third kappa shape index (κ3) is 2.01. The second-order valence-electron chi connectivity index (χ2n) is 2.32. The summed E-state index contributed by atoms with van der Waals surface area (Å²) in [6.07, 6.45) is 0. The lowest BCUT2D eigenvalue weighted by molar-refractivity contribution is 0.506. The van der Waals surface area contributed by atoms with Crippen molar-refractivity contribution in [1.82, 2.24) is 5.32 Å². The van der Waals surface area contributed by atoms with E-state index in [0.717, 1.165) is 12.1 Å². The van der Waals surface area contributed by atoms with Gasteiger partial charge in [0.05, 0.1) is 4.95 Å². The topological polar surface area (TPSA) is 12.0 Å². The zero-order chi connectivity index (χ0) is 9.14. The Bertz CT molecular complexity index is 278. The first-order valence-electron chi connectivity index (χ1n) is 3.41. The molecule has 0 aliphatic rings. The Labute approximate surface area is 77.9 Å². The van der Waals surface area contributed by atoms with E-state index in [1.54, 1.807) is 7.05 Å². The lowest BCUT2D eigenvalue weighted by Gasteiger charge is -2.08.